The molecule has 15 heavy (non-hydrogen) atoms. The van der Waals surface area contributed by atoms with E-state index in [9.17, 15) is 0 Å². The fourth-order valence-corrected chi connectivity index (χ4v) is 1.68. The fourth-order valence-electron chi connectivity index (χ4n) is 1.68. The second kappa shape index (κ2) is 3.81. The van der Waals surface area contributed by atoms with Crippen molar-refractivity contribution in [1.29, 1.82) is 0 Å². The zero-order valence-electron chi connectivity index (χ0n) is 9.20. The predicted molar refractivity (Wildman–Crippen MR) is 59.7 cm³/mol. The Morgan fingerprint density at radius 1 is 1.27 bits per heavy atom. The van der Waals surface area contributed by atoms with E-state index in [2.05, 4.69) is 26.5 Å². The number of allylic oxidation sites excluding steroid dienone is 2. The molecular weight excluding hydrogens is 188 g/mol. The Hall–Kier alpha value is -1.71. The van der Waals surface area contributed by atoms with Crippen LogP contribution in [0.2, 0.25) is 0 Å². The molecule has 2 heterocycles. The topological polar surface area (TPSA) is 54.5 Å². The molecule has 2 aromatic rings. The molecule has 0 aliphatic rings. The van der Waals surface area contributed by atoms with Crippen molar-refractivity contribution in [2.75, 3.05) is 0 Å². The first-order valence-corrected chi connectivity index (χ1v) is 5.02. The van der Waals surface area contributed by atoms with Crippen LogP contribution < -0.4 is 0 Å². The minimum atomic E-state index is 0.782. The largest absolute Gasteiger partial charge is 0.281 e. The van der Waals surface area contributed by atoms with Crippen LogP contribution in [-0.4, -0.2) is 20.4 Å². The van der Waals surface area contributed by atoms with Gasteiger partial charge in [-0.3, -0.25) is 5.10 Å². The van der Waals surface area contributed by atoms with Gasteiger partial charge in [0.05, 0.1) is 11.4 Å². The number of H-pyrrole nitrogens is 1. The summed E-state index contributed by atoms with van der Waals surface area (Å²) < 4.78 is 0. The van der Waals surface area contributed by atoms with Gasteiger partial charge in [0.2, 0.25) is 0 Å². The van der Waals surface area contributed by atoms with E-state index in [1.165, 1.54) is 0 Å². The third-order valence-electron chi connectivity index (χ3n) is 2.45. The molecular formula is C11H14N4. The number of nitrogens with one attached hydrogen (secondary N) is 1. The van der Waals surface area contributed by atoms with Gasteiger partial charge >= 0.3 is 0 Å². The standard InChI is InChI=1S/C11H14N4/c1-4-5-6-9-11-10(7(2)12-14-9)8(3)13-15-11/h4-5H,6H2,1-3H3,(H,13,15). The van der Waals surface area contributed by atoms with Gasteiger partial charge in [0.1, 0.15) is 5.52 Å². The predicted octanol–water partition coefficient (Wildman–Crippen LogP) is 2.09. The van der Waals surface area contributed by atoms with Gasteiger partial charge in [-0.05, 0) is 20.8 Å². The van der Waals surface area contributed by atoms with Crippen LogP contribution in [0.15, 0.2) is 12.2 Å². The fraction of sp³-hybridized carbons (Fsp3) is 0.364. The maximum absolute atomic E-state index is 4.27. The highest BCUT2D eigenvalue weighted by atomic mass is 15.2. The van der Waals surface area contributed by atoms with E-state index < -0.39 is 0 Å². The number of aromatic amines is 1. The van der Waals surface area contributed by atoms with E-state index in [-0.39, 0.29) is 0 Å². The lowest BCUT2D eigenvalue weighted by Crippen LogP contribution is -1.96. The summed E-state index contributed by atoms with van der Waals surface area (Å²) in [6, 6.07) is 0. The molecule has 0 saturated carbocycles. The van der Waals surface area contributed by atoms with Crippen LogP contribution in [-0.2, 0) is 6.42 Å². The molecule has 0 fully saturated rings. The average molecular weight is 202 g/mol. The van der Waals surface area contributed by atoms with Crippen molar-refractivity contribution < 1.29 is 0 Å². The van der Waals surface area contributed by atoms with E-state index >= 15 is 0 Å². The van der Waals surface area contributed by atoms with Crippen molar-refractivity contribution in [3.05, 3.63) is 29.2 Å². The Balaban J connectivity index is 2.62. The summed E-state index contributed by atoms with van der Waals surface area (Å²) in [7, 11) is 0. The summed E-state index contributed by atoms with van der Waals surface area (Å²) in [6.45, 7) is 5.95. The normalized spacial score (nSPS) is 11.7. The van der Waals surface area contributed by atoms with E-state index in [1.807, 2.05) is 26.8 Å². The molecule has 0 aromatic carbocycles. The van der Waals surface area contributed by atoms with Gasteiger partial charge in [-0.1, -0.05) is 12.2 Å². The number of fused-ring (bicyclic) bond motifs is 1. The van der Waals surface area contributed by atoms with Crippen LogP contribution in [0.25, 0.3) is 10.9 Å². The molecule has 1 N–H and O–H groups in total. The third-order valence-corrected chi connectivity index (χ3v) is 2.45. The molecule has 2 rings (SSSR count). The highest BCUT2D eigenvalue weighted by Crippen LogP contribution is 2.20. The van der Waals surface area contributed by atoms with Crippen molar-refractivity contribution in [2.45, 2.75) is 27.2 Å². The molecule has 0 bridgehead atoms. The van der Waals surface area contributed by atoms with Gasteiger partial charge in [0.15, 0.2) is 0 Å². The first-order chi connectivity index (χ1) is 7.24. The lowest BCUT2D eigenvalue weighted by atomic mass is 10.1. The van der Waals surface area contributed by atoms with Crippen molar-refractivity contribution in [3.63, 3.8) is 0 Å². The minimum absolute atomic E-state index is 0.782. The first kappa shape index (κ1) is 9.83. The Labute approximate surface area is 88.4 Å². The van der Waals surface area contributed by atoms with Crippen molar-refractivity contribution >= 4 is 10.9 Å². The second-order valence-electron chi connectivity index (χ2n) is 3.58. The molecule has 0 atom stereocenters. The van der Waals surface area contributed by atoms with Crippen LogP contribution in [0, 0.1) is 13.8 Å². The molecule has 0 spiro atoms. The summed E-state index contributed by atoms with van der Waals surface area (Å²) in [4.78, 5) is 0. The maximum atomic E-state index is 4.27. The Kier molecular flexibility index (Phi) is 2.49. The minimum Gasteiger partial charge on any atom is -0.281 e. The summed E-state index contributed by atoms with van der Waals surface area (Å²) in [5.41, 5.74) is 3.86. The average Bonchev–Trinajstić information content (AvgIpc) is 2.61. The van der Waals surface area contributed by atoms with Crippen molar-refractivity contribution in [2.24, 2.45) is 0 Å². The van der Waals surface area contributed by atoms with Gasteiger partial charge in [-0.25, -0.2) is 0 Å². The summed E-state index contributed by atoms with van der Waals surface area (Å²) in [5.74, 6) is 0. The lowest BCUT2D eigenvalue weighted by Gasteiger charge is -1.99. The number of nitrogens with zero attached hydrogens (tertiary/aromatic N) is 3. The molecule has 78 valence electrons. The Morgan fingerprint density at radius 3 is 2.80 bits per heavy atom. The van der Waals surface area contributed by atoms with Crippen molar-refractivity contribution in [1.82, 2.24) is 20.4 Å². The molecule has 0 saturated heterocycles. The lowest BCUT2D eigenvalue weighted by molar-refractivity contribution is 0.933. The number of hydrogen-bond acceptors (Lipinski definition) is 3. The van der Waals surface area contributed by atoms with E-state index in [4.69, 9.17) is 0 Å². The quantitative estimate of drug-likeness (QED) is 0.758. The molecule has 0 unspecified atom stereocenters. The van der Waals surface area contributed by atoms with Gasteiger partial charge in [0.25, 0.3) is 0 Å². The van der Waals surface area contributed by atoms with Gasteiger partial charge in [-0.15, -0.1) is 0 Å². The summed E-state index contributed by atoms with van der Waals surface area (Å²) >= 11 is 0. The van der Waals surface area contributed by atoms with E-state index in [0.717, 1.165) is 34.4 Å². The second-order valence-corrected chi connectivity index (χ2v) is 3.58. The number of aromatic nitrogens is 4. The van der Waals surface area contributed by atoms with Gasteiger partial charge in [0, 0.05) is 17.5 Å². The highest BCUT2D eigenvalue weighted by Gasteiger charge is 2.10. The third kappa shape index (κ3) is 1.63. The van der Waals surface area contributed by atoms with Crippen LogP contribution in [0.1, 0.15) is 24.0 Å². The summed E-state index contributed by atoms with van der Waals surface area (Å²) in [6.07, 6.45) is 4.85. The number of hydrogen-bond donors (Lipinski definition) is 1. The van der Waals surface area contributed by atoms with Crippen molar-refractivity contribution in [3.8, 4) is 0 Å². The number of rotatable bonds is 2. The SMILES string of the molecule is CC=CCc1nnc(C)c2c(C)[nH]nc12. The van der Waals surface area contributed by atoms with Crippen LogP contribution in [0.3, 0.4) is 0 Å². The van der Waals surface area contributed by atoms with E-state index in [0.29, 0.717) is 0 Å². The monoisotopic (exact) mass is 202 g/mol. The van der Waals surface area contributed by atoms with Gasteiger partial charge in [-0.2, -0.15) is 15.3 Å². The Morgan fingerprint density at radius 2 is 2.07 bits per heavy atom. The Bertz CT molecular complexity index is 511. The highest BCUT2D eigenvalue weighted by molar-refractivity contribution is 5.84. The molecule has 0 aliphatic carbocycles. The molecule has 0 amide bonds. The first-order valence-electron chi connectivity index (χ1n) is 5.02. The molecule has 0 aliphatic heterocycles. The smallest absolute Gasteiger partial charge is 0.118 e. The van der Waals surface area contributed by atoms with Crippen LogP contribution in [0.4, 0.5) is 0 Å². The summed E-state index contributed by atoms with van der Waals surface area (Å²) in [5, 5.41) is 16.7. The van der Waals surface area contributed by atoms with E-state index in [1.54, 1.807) is 0 Å². The molecule has 4 heteroatoms. The molecule has 4 nitrogen and oxygen atoms in total. The maximum Gasteiger partial charge on any atom is 0.118 e. The molecule has 0 radical (unpaired) electrons. The number of aryl methyl sites for hydroxylation is 2. The zero-order valence-corrected chi connectivity index (χ0v) is 9.20. The van der Waals surface area contributed by atoms with Crippen LogP contribution in [0.5, 0.6) is 0 Å². The van der Waals surface area contributed by atoms with Crippen LogP contribution >= 0.6 is 0 Å². The zero-order chi connectivity index (χ0) is 10.8. The van der Waals surface area contributed by atoms with Gasteiger partial charge < -0.3 is 0 Å². The molecule has 2 aromatic heterocycles.